The van der Waals surface area contributed by atoms with Crippen molar-refractivity contribution in [3.05, 3.63) is 89.4 Å². The zero-order valence-corrected chi connectivity index (χ0v) is 20.9. The largest absolute Gasteiger partial charge is 0.269 e. The Morgan fingerprint density at radius 3 is 2.00 bits per heavy atom. The van der Waals surface area contributed by atoms with E-state index in [2.05, 4.69) is 4.72 Å². The fourth-order valence-electron chi connectivity index (χ4n) is 3.37. The van der Waals surface area contributed by atoms with Crippen LogP contribution in [0.15, 0.2) is 93.7 Å². The summed E-state index contributed by atoms with van der Waals surface area (Å²) in [7, 11) is -12.0. The molecule has 0 bridgehead atoms. The summed E-state index contributed by atoms with van der Waals surface area (Å²) in [6.45, 7) is -0.00955. The number of nitrogens with zero attached hydrogens (tertiary/aromatic N) is 1. The number of benzene rings is 3. The molecule has 1 aromatic heterocycles. The van der Waals surface area contributed by atoms with Gasteiger partial charge in [-0.2, -0.15) is 0 Å². The van der Waals surface area contributed by atoms with Gasteiger partial charge in [-0.15, -0.1) is 0 Å². The molecule has 34 heavy (non-hydrogen) atoms. The molecule has 0 spiro atoms. The SMILES string of the molecule is CS(=O)(=O)NCc1ccc(S(=O)(=O)c2cc3ccccc3n2S(=O)(=O)c2ccc(Cl)cc2)cc1. The van der Waals surface area contributed by atoms with E-state index >= 15 is 0 Å². The minimum Gasteiger partial charge on any atom is -0.222 e. The molecule has 0 unspecified atom stereocenters. The standard InChI is InChI=1S/C22H19ClN2O6S3/c1-32(26,27)24-15-16-6-10-19(11-7-16)33(28,29)22-14-17-4-2-3-5-21(17)25(22)34(30,31)20-12-8-18(23)9-13-20/h2-14,24H,15H2,1H3. The van der Waals surface area contributed by atoms with Gasteiger partial charge in [-0.1, -0.05) is 41.9 Å². The molecule has 0 radical (unpaired) electrons. The number of sulfonamides is 1. The van der Waals surface area contributed by atoms with Crippen molar-refractivity contribution >= 4 is 52.4 Å². The van der Waals surface area contributed by atoms with Gasteiger partial charge in [0, 0.05) is 17.0 Å². The highest BCUT2D eigenvalue weighted by atomic mass is 35.5. The van der Waals surface area contributed by atoms with Crippen LogP contribution in [0.4, 0.5) is 0 Å². The van der Waals surface area contributed by atoms with Crippen LogP contribution in [0.2, 0.25) is 5.02 Å². The van der Waals surface area contributed by atoms with Gasteiger partial charge in [0.25, 0.3) is 10.0 Å². The van der Waals surface area contributed by atoms with Crippen LogP contribution in [-0.2, 0) is 36.4 Å². The molecule has 12 heteroatoms. The van der Waals surface area contributed by atoms with E-state index in [1.54, 1.807) is 18.2 Å². The highest BCUT2D eigenvalue weighted by Crippen LogP contribution is 2.32. The van der Waals surface area contributed by atoms with Gasteiger partial charge in [0.05, 0.1) is 21.6 Å². The van der Waals surface area contributed by atoms with Crippen molar-refractivity contribution in [1.82, 2.24) is 8.69 Å². The third-order valence-electron chi connectivity index (χ3n) is 5.03. The Bertz CT molecular complexity index is 1690. The van der Waals surface area contributed by atoms with E-state index in [-0.39, 0.29) is 21.9 Å². The Balaban J connectivity index is 1.85. The van der Waals surface area contributed by atoms with E-state index in [0.29, 0.717) is 16.0 Å². The molecule has 0 aliphatic heterocycles. The van der Waals surface area contributed by atoms with Gasteiger partial charge in [-0.05, 0) is 54.1 Å². The first-order valence-corrected chi connectivity index (χ1v) is 15.0. The van der Waals surface area contributed by atoms with E-state index < -0.39 is 34.9 Å². The van der Waals surface area contributed by atoms with E-state index in [9.17, 15) is 25.3 Å². The van der Waals surface area contributed by atoms with Crippen molar-refractivity contribution < 1.29 is 25.3 Å². The van der Waals surface area contributed by atoms with Gasteiger partial charge in [0.15, 0.2) is 5.03 Å². The second-order valence-corrected chi connectivity index (χ2v) is 13.5. The van der Waals surface area contributed by atoms with Crippen LogP contribution in [0.1, 0.15) is 5.56 Å². The van der Waals surface area contributed by atoms with Crippen LogP contribution in [0, 0.1) is 0 Å². The van der Waals surface area contributed by atoms with Crippen LogP contribution in [0.5, 0.6) is 0 Å². The maximum atomic E-state index is 13.6. The Kier molecular flexibility index (Phi) is 6.34. The molecule has 8 nitrogen and oxygen atoms in total. The Morgan fingerprint density at radius 2 is 1.38 bits per heavy atom. The third kappa shape index (κ3) is 4.75. The zero-order chi connectivity index (χ0) is 24.7. The second kappa shape index (κ2) is 8.82. The lowest BCUT2D eigenvalue weighted by atomic mass is 10.2. The smallest absolute Gasteiger partial charge is 0.222 e. The monoisotopic (exact) mass is 538 g/mol. The summed E-state index contributed by atoms with van der Waals surface area (Å²) in [6.07, 6.45) is 1.02. The molecule has 1 heterocycles. The number of hydrogen-bond donors (Lipinski definition) is 1. The molecule has 0 atom stereocenters. The van der Waals surface area contributed by atoms with Gasteiger partial charge < -0.3 is 0 Å². The van der Waals surface area contributed by atoms with E-state index in [1.165, 1.54) is 60.7 Å². The maximum Gasteiger partial charge on any atom is 0.269 e. The molecule has 0 aliphatic carbocycles. The zero-order valence-electron chi connectivity index (χ0n) is 17.7. The summed E-state index contributed by atoms with van der Waals surface area (Å²) in [5.74, 6) is 0. The summed E-state index contributed by atoms with van der Waals surface area (Å²) in [5, 5.41) is 0.368. The first-order chi connectivity index (χ1) is 15.9. The molecule has 3 aromatic carbocycles. The number of nitrogens with one attached hydrogen (secondary N) is 1. The summed E-state index contributed by atoms with van der Waals surface area (Å²) >= 11 is 5.89. The molecular formula is C22H19ClN2O6S3. The van der Waals surface area contributed by atoms with Crippen LogP contribution in [0.25, 0.3) is 10.9 Å². The van der Waals surface area contributed by atoms with Crippen LogP contribution in [0.3, 0.4) is 0 Å². The van der Waals surface area contributed by atoms with Gasteiger partial charge in [-0.3, -0.25) is 0 Å². The van der Waals surface area contributed by atoms with Crippen LogP contribution < -0.4 is 4.72 Å². The van der Waals surface area contributed by atoms with Gasteiger partial charge in [-0.25, -0.2) is 33.9 Å². The average molecular weight is 539 g/mol. The average Bonchev–Trinajstić information content (AvgIpc) is 3.19. The first-order valence-electron chi connectivity index (χ1n) is 9.80. The van der Waals surface area contributed by atoms with Gasteiger partial charge >= 0.3 is 0 Å². The number of sulfone groups is 1. The van der Waals surface area contributed by atoms with Crippen molar-refractivity contribution in [1.29, 1.82) is 0 Å². The Morgan fingerprint density at radius 1 is 0.794 bits per heavy atom. The minimum atomic E-state index is -4.29. The van der Waals surface area contributed by atoms with E-state index in [1.807, 2.05) is 0 Å². The lowest BCUT2D eigenvalue weighted by Gasteiger charge is -2.13. The topological polar surface area (TPSA) is 119 Å². The summed E-state index contributed by atoms with van der Waals surface area (Å²) in [4.78, 5) is -0.247. The Hall–Kier alpha value is -2.70. The van der Waals surface area contributed by atoms with Crippen molar-refractivity contribution in [3.63, 3.8) is 0 Å². The predicted molar refractivity (Wildman–Crippen MR) is 130 cm³/mol. The molecule has 0 saturated carbocycles. The summed E-state index contributed by atoms with van der Waals surface area (Å²) < 4.78 is 80.0. The van der Waals surface area contributed by atoms with E-state index in [4.69, 9.17) is 11.6 Å². The minimum absolute atomic E-state index is 0.00955. The normalized spacial score (nSPS) is 12.8. The second-order valence-electron chi connectivity index (χ2n) is 7.51. The lowest BCUT2D eigenvalue weighted by Crippen LogP contribution is -2.21. The lowest BCUT2D eigenvalue weighted by molar-refractivity contribution is 0.574. The van der Waals surface area contributed by atoms with E-state index in [0.717, 1.165) is 10.2 Å². The molecule has 178 valence electrons. The van der Waals surface area contributed by atoms with Crippen LogP contribution in [-0.4, -0.2) is 35.5 Å². The van der Waals surface area contributed by atoms with Crippen molar-refractivity contribution in [2.45, 2.75) is 21.4 Å². The molecular weight excluding hydrogens is 520 g/mol. The number of para-hydroxylation sites is 1. The summed E-state index contributed by atoms with van der Waals surface area (Å²) in [5.41, 5.74) is 0.753. The predicted octanol–water partition coefficient (Wildman–Crippen LogP) is 3.41. The molecule has 0 saturated heterocycles. The fourth-order valence-corrected chi connectivity index (χ4v) is 7.26. The van der Waals surface area contributed by atoms with Gasteiger partial charge in [0.2, 0.25) is 19.9 Å². The number of aromatic nitrogens is 1. The third-order valence-corrected chi connectivity index (χ3v) is 9.56. The number of fused-ring (bicyclic) bond motifs is 1. The quantitative estimate of drug-likeness (QED) is 0.385. The molecule has 0 aliphatic rings. The van der Waals surface area contributed by atoms with Gasteiger partial charge in [0.1, 0.15) is 0 Å². The van der Waals surface area contributed by atoms with Crippen molar-refractivity contribution in [2.24, 2.45) is 0 Å². The maximum absolute atomic E-state index is 13.6. The highest BCUT2D eigenvalue weighted by Gasteiger charge is 2.31. The molecule has 1 N–H and O–H groups in total. The molecule has 4 aromatic rings. The molecule has 4 rings (SSSR count). The first kappa shape index (κ1) is 24.4. The molecule has 0 fully saturated rings. The number of hydrogen-bond acceptors (Lipinski definition) is 6. The Labute approximate surface area is 202 Å². The molecule has 0 amide bonds. The summed E-state index contributed by atoms with van der Waals surface area (Å²) in [6, 6.07) is 18.8. The van der Waals surface area contributed by atoms with Crippen LogP contribution >= 0.6 is 11.6 Å². The number of rotatable bonds is 7. The van der Waals surface area contributed by atoms with Crippen molar-refractivity contribution in [3.8, 4) is 0 Å². The highest BCUT2D eigenvalue weighted by molar-refractivity contribution is 7.93. The fraction of sp³-hybridized carbons (Fsp3) is 0.0909. The van der Waals surface area contributed by atoms with Crippen molar-refractivity contribution in [2.75, 3.05) is 6.26 Å². The number of halogens is 1.